The molecule has 2 aromatic rings. The molecule has 0 aliphatic heterocycles. The molecule has 2 rings (SSSR count). The molecule has 0 saturated heterocycles. The van der Waals surface area contributed by atoms with Crippen molar-refractivity contribution in [1.82, 2.24) is 9.97 Å². The van der Waals surface area contributed by atoms with Crippen molar-refractivity contribution in [3.63, 3.8) is 0 Å². The van der Waals surface area contributed by atoms with Crippen LogP contribution in [0, 0.1) is 0 Å². The van der Waals surface area contributed by atoms with E-state index in [1.165, 1.54) is 20.3 Å². The summed E-state index contributed by atoms with van der Waals surface area (Å²) >= 11 is 0. The summed E-state index contributed by atoms with van der Waals surface area (Å²) in [7, 11) is 3.04. The third-order valence-corrected chi connectivity index (χ3v) is 2.95. The van der Waals surface area contributed by atoms with Crippen LogP contribution in [0.25, 0.3) is 11.4 Å². The standard InChI is InChI=1S/C15H17N3O4/c1-4-16-12-8-10(15(19)20)17-14(18-12)9-6-5-7-11(21-2)13(9)22-3/h5-8H,4H2,1-3H3,(H,19,20)(H,16,17,18). The van der Waals surface area contributed by atoms with E-state index in [0.717, 1.165) is 0 Å². The maximum Gasteiger partial charge on any atom is 0.354 e. The quantitative estimate of drug-likeness (QED) is 0.845. The minimum atomic E-state index is -1.12. The molecule has 0 aliphatic rings. The van der Waals surface area contributed by atoms with E-state index in [9.17, 15) is 9.90 Å². The zero-order chi connectivity index (χ0) is 16.1. The van der Waals surface area contributed by atoms with Crippen LogP contribution < -0.4 is 14.8 Å². The number of benzene rings is 1. The topological polar surface area (TPSA) is 93.6 Å². The van der Waals surface area contributed by atoms with E-state index >= 15 is 0 Å². The summed E-state index contributed by atoms with van der Waals surface area (Å²) in [4.78, 5) is 19.7. The van der Waals surface area contributed by atoms with E-state index in [2.05, 4.69) is 15.3 Å². The fourth-order valence-electron chi connectivity index (χ4n) is 2.01. The van der Waals surface area contributed by atoms with Crippen molar-refractivity contribution in [3.8, 4) is 22.9 Å². The van der Waals surface area contributed by atoms with E-state index in [0.29, 0.717) is 29.4 Å². The molecule has 22 heavy (non-hydrogen) atoms. The highest BCUT2D eigenvalue weighted by Crippen LogP contribution is 2.36. The first-order chi connectivity index (χ1) is 10.6. The molecule has 0 bridgehead atoms. The van der Waals surface area contributed by atoms with Gasteiger partial charge in [0.05, 0.1) is 19.8 Å². The number of aromatic carboxylic acids is 1. The van der Waals surface area contributed by atoms with Crippen molar-refractivity contribution in [2.45, 2.75) is 6.92 Å². The van der Waals surface area contributed by atoms with E-state index in [1.54, 1.807) is 18.2 Å². The van der Waals surface area contributed by atoms with Crippen LogP contribution in [0.1, 0.15) is 17.4 Å². The molecule has 0 radical (unpaired) electrons. The molecule has 0 fully saturated rings. The van der Waals surface area contributed by atoms with Crippen LogP contribution in [0.4, 0.5) is 5.82 Å². The fourth-order valence-corrected chi connectivity index (χ4v) is 2.01. The van der Waals surface area contributed by atoms with Crippen molar-refractivity contribution in [2.24, 2.45) is 0 Å². The summed E-state index contributed by atoms with van der Waals surface area (Å²) in [5, 5.41) is 12.2. The summed E-state index contributed by atoms with van der Waals surface area (Å²) < 4.78 is 10.6. The third kappa shape index (κ3) is 3.08. The van der Waals surface area contributed by atoms with E-state index in [4.69, 9.17) is 9.47 Å². The zero-order valence-electron chi connectivity index (χ0n) is 12.6. The van der Waals surface area contributed by atoms with Crippen LogP contribution in [0.2, 0.25) is 0 Å². The average molecular weight is 303 g/mol. The predicted molar refractivity (Wildman–Crippen MR) is 81.7 cm³/mol. The van der Waals surface area contributed by atoms with E-state index in [1.807, 2.05) is 6.92 Å². The summed E-state index contributed by atoms with van der Waals surface area (Å²) in [5.41, 5.74) is 0.468. The minimum absolute atomic E-state index is 0.0918. The summed E-state index contributed by atoms with van der Waals surface area (Å²) in [6, 6.07) is 6.65. The largest absolute Gasteiger partial charge is 0.493 e. The van der Waals surface area contributed by atoms with Gasteiger partial charge in [0, 0.05) is 12.6 Å². The molecule has 7 heteroatoms. The molecule has 0 unspecified atom stereocenters. The van der Waals surface area contributed by atoms with Crippen molar-refractivity contribution < 1.29 is 19.4 Å². The number of ether oxygens (including phenoxy) is 2. The molecule has 1 aromatic heterocycles. The Morgan fingerprint density at radius 3 is 2.64 bits per heavy atom. The van der Waals surface area contributed by atoms with Gasteiger partial charge in [-0.2, -0.15) is 0 Å². The number of nitrogens with one attached hydrogen (secondary N) is 1. The highest BCUT2D eigenvalue weighted by atomic mass is 16.5. The molecule has 0 amide bonds. The smallest absolute Gasteiger partial charge is 0.354 e. The Morgan fingerprint density at radius 1 is 1.27 bits per heavy atom. The average Bonchev–Trinajstić information content (AvgIpc) is 2.53. The first-order valence-corrected chi connectivity index (χ1v) is 6.68. The van der Waals surface area contributed by atoms with Gasteiger partial charge in [0.1, 0.15) is 5.82 Å². The number of hydrogen-bond acceptors (Lipinski definition) is 6. The second kappa shape index (κ2) is 6.75. The van der Waals surface area contributed by atoms with Crippen LogP contribution in [0.5, 0.6) is 11.5 Å². The van der Waals surface area contributed by atoms with Gasteiger partial charge in [-0.15, -0.1) is 0 Å². The number of carboxylic acids is 1. The number of nitrogens with zero attached hydrogens (tertiary/aromatic N) is 2. The van der Waals surface area contributed by atoms with Crippen LogP contribution in [-0.2, 0) is 0 Å². The molecule has 1 heterocycles. The Kier molecular flexibility index (Phi) is 4.77. The van der Waals surface area contributed by atoms with Crippen LogP contribution >= 0.6 is 0 Å². The minimum Gasteiger partial charge on any atom is -0.493 e. The lowest BCUT2D eigenvalue weighted by Crippen LogP contribution is -2.08. The molecule has 7 nitrogen and oxygen atoms in total. The van der Waals surface area contributed by atoms with E-state index < -0.39 is 5.97 Å². The molecule has 0 aliphatic carbocycles. The summed E-state index contributed by atoms with van der Waals surface area (Å²) in [5.74, 6) is 0.551. The Morgan fingerprint density at radius 2 is 2.05 bits per heavy atom. The van der Waals surface area contributed by atoms with Crippen LogP contribution in [-0.4, -0.2) is 41.8 Å². The van der Waals surface area contributed by atoms with Gasteiger partial charge < -0.3 is 19.9 Å². The monoisotopic (exact) mass is 303 g/mol. The fraction of sp³-hybridized carbons (Fsp3) is 0.267. The molecule has 0 spiro atoms. The molecule has 1 aromatic carbocycles. The number of carboxylic acid groups (broad SMARTS) is 1. The van der Waals surface area contributed by atoms with Crippen molar-refractivity contribution >= 4 is 11.8 Å². The number of carbonyl (C=O) groups is 1. The Bertz CT molecular complexity index is 688. The van der Waals surface area contributed by atoms with Gasteiger partial charge in [-0.25, -0.2) is 14.8 Å². The molecule has 0 saturated carbocycles. The normalized spacial score (nSPS) is 10.1. The van der Waals surface area contributed by atoms with Gasteiger partial charge in [-0.05, 0) is 19.1 Å². The highest BCUT2D eigenvalue weighted by Gasteiger charge is 2.17. The summed E-state index contributed by atoms with van der Waals surface area (Å²) in [6.45, 7) is 2.51. The first kappa shape index (κ1) is 15.6. The SMILES string of the molecule is CCNc1cc(C(=O)O)nc(-c2cccc(OC)c2OC)n1. The number of hydrogen-bond donors (Lipinski definition) is 2. The van der Waals surface area contributed by atoms with Gasteiger partial charge in [0.25, 0.3) is 0 Å². The van der Waals surface area contributed by atoms with Crippen molar-refractivity contribution in [1.29, 1.82) is 0 Å². The molecular weight excluding hydrogens is 286 g/mol. The van der Waals surface area contributed by atoms with Crippen molar-refractivity contribution in [3.05, 3.63) is 30.0 Å². The van der Waals surface area contributed by atoms with Gasteiger partial charge in [-0.1, -0.05) is 6.07 Å². The number of methoxy groups -OCH3 is 2. The maximum atomic E-state index is 11.2. The van der Waals surface area contributed by atoms with Gasteiger partial charge in [0.2, 0.25) is 0 Å². The lowest BCUT2D eigenvalue weighted by atomic mass is 10.1. The van der Waals surface area contributed by atoms with Crippen molar-refractivity contribution in [2.75, 3.05) is 26.1 Å². The lowest BCUT2D eigenvalue weighted by Gasteiger charge is -2.13. The lowest BCUT2D eigenvalue weighted by molar-refractivity contribution is 0.0690. The number of para-hydroxylation sites is 1. The van der Waals surface area contributed by atoms with Crippen LogP contribution in [0.15, 0.2) is 24.3 Å². The maximum absolute atomic E-state index is 11.2. The highest BCUT2D eigenvalue weighted by molar-refractivity contribution is 5.87. The number of rotatable bonds is 6. The predicted octanol–water partition coefficient (Wildman–Crippen LogP) is 2.29. The zero-order valence-corrected chi connectivity index (χ0v) is 12.6. The molecular formula is C15H17N3O4. The van der Waals surface area contributed by atoms with Gasteiger partial charge in [-0.3, -0.25) is 0 Å². The molecule has 0 atom stereocenters. The summed E-state index contributed by atoms with van der Waals surface area (Å²) in [6.07, 6.45) is 0. The first-order valence-electron chi connectivity index (χ1n) is 6.68. The Hall–Kier alpha value is -2.83. The second-order valence-electron chi connectivity index (χ2n) is 4.34. The van der Waals surface area contributed by atoms with E-state index in [-0.39, 0.29) is 11.5 Å². The van der Waals surface area contributed by atoms with Crippen LogP contribution in [0.3, 0.4) is 0 Å². The van der Waals surface area contributed by atoms with Gasteiger partial charge >= 0.3 is 5.97 Å². The second-order valence-corrected chi connectivity index (χ2v) is 4.34. The Balaban J connectivity index is 2.63. The number of aromatic nitrogens is 2. The van der Waals surface area contributed by atoms with Gasteiger partial charge in [0.15, 0.2) is 23.0 Å². The molecule has 2 N–H and O–H groups in total. The Labute approximate surface area is 127 Å². The number of anilines is 1. The molecule has 116 valence electrons. The third-order valence-electron chi connectivity index (χ3n) is 2.95.